The number of nitrogens with one attached hydrogen (secondary N) is 2. The van der Waals surface area contributed by atoms with Crippen LogP contribution in [0.15, 0.2) is 73.1 Å². The molecular formula is C22H27N5O. The van der Waals surface area contributed by atoms with Gasteiger partial charge in [0.25, 0.3) is 0 Å². The van der Waals surface area contributed by atoms with Crippen molar-refractivity contribution in [2.24, 2.45) is 0 Å². The number of para-hydroxylation sites is 1. The number of hydrogen-bond acceptors (Lipinski definition) is 3. The minimum atomic E-state index is -0.154. The summed E-state index contributed by atoms with van der Waals surface area (Å²) in [6.45, 7) is 2.71. The van der Waals surface area contributed by atoms with E-state index in [4.69, 9.17) is 0 Å². The van der Waals surface area contributed by atoms with Crippen molar-refractivity contribution < 1.29 is 4.79 Å². The number of carbonyl (C=O) groups excluding carboxylic acids is 1. The minimum absolute atomic E-state index is 0.154. The standard InChI is InChI=1S/C22H27N5O/c1-26(21-11-6-3-7-12-21)14-8-13-23-22(28)24-15-20-16-25-27(18-20)17-19-9-4-2-5-10-19/h2-7,9-12,16,18H,8,13-15,17H2,1H3,(H2,23,24,28). The van der Waals surface area contributed by atoms with Crippen LogP contribution in [0.3, 0.4) is 0 Å². The zero-order chi connectivity index (χ0) is 19.6. The Balaban J connectivity index is 1.32. The molecule has 0 unspecified atom stereocenters. The van der Waals surface area contributed by atoms with Gasteiger partial charge in [0.1, 0.15) is 0 Å². The van der Waals surface area contributed by atoms with E-state index < -0.39 is 0 Å². The fourth-order valence-corrected chi connectivity index (χ4v) is 2.93. The molecule has 0 aliphatic carbocycles. The van der Waals surface area contributed by atoms with Crippen molar-refractivity contribution in [3.05, 3.63) is 84.2 Å². The lowest BCUT2D eigenvalue weighted by Crippen LogP contribution is -2.36. The Kier molecular flexibility index (Phi) is 7.07. The van der Waals surface area contributed by atoms with E-state index in [1.807, 2.05) is 47.3 Å². The van der Waals surface area contributed by atoms with Crippen LogP contribution in [0.5, 0.6) is 0 Å². The van der Waals surface area contributed by atoms with Crippen molar-refractivity contribution >= 4 is 11.7 Å². The first-order valence-electron chi connectivity index (χ1n) is 9.54. The van der Waals surface area contributed by atoms with Gasteiger partial charge in [-0.05, 0) is 24.1 Å². The molecule has 6 heteroatoms. The molecule has 0 spiro atoms. The number of nitrogens with zero attached hydrogens (tertiary/aromatic N) is 3. The second-order valence-electron chi connectivity index (χ2n) is 6.75. The highest BCUT2D eigenvalue weighted by atomic mass is 16.2. The third-order valence-electron chi connectivity index (χ3n) is 4.48. The van der Waals surface area contributed by atoms with Crippen LogP contribution in [-0.4, -0.2) is 35.9 Å². The van der Waals surface area contributed by atoms with E-state index in [1.54, 1.807) is 6.20 Å². The van der Waals surface area contributed by atoms with Gasteiger partial charge in [-0.15, -0.1) is 0 Å². The smallest absolute Gasteiger partial charge is 0.315 e. The van der Waals surface area contributed by atoms with Crippen LogP contribution in [0.1, 0.15) is 17.5 Å². The van der Waals surface area contributed by atoms with Gasteiger partial charge in [0.05, 0.1) is 12.7 Å². The number of carbonyl (C=O) groups is 1. The predicted octanol–water partition coefficient (Wildman–Crippen LogP) is 3.26. The summed E-state index contributed by atoms with van der Waals surface area (Å²) in [5.74, 6) is 0. The summed E-state index contributed by atoms with van der Waals surface area (Å²) < 4.78 is 1.88. The molecule has 2 aromatic carbocycles. The number of anilines is 1. The highest BCUT2D eigenvalue weighted by molar-refractivity contribution is 5.73. The first-order chi connectivity index (χ1) is 13.7. The van der Waals surface area contributed by atoms with Crippen LogP contribution in [0.2, 0.25) is 0 Å². The maximum Gasteiger partial charge on any atom is 0.315 e. The highest BCUT2D eigenvalue weighted by Crippen LogP contribution is 2.10. The van der Waals surface area contributed by atoms with Crippen molar-refractivity contribution in [1.82, 2.24) is 20.4 Å². The van der Waals surface area contributed by atoms with Gasteiger partial charge >= 0.3 is 6.03 Å². The Morgan fingerprint density at radius 1 is 1.00 bits per heavy atom. The predicted molar refractivity (Wildman–Crippen MR) is 112 cm³/mol. The Labute approximate surface area is 166 Å². The topological polar surface area (TPSA) is 62.2 Å². The molecule has 6 nitrogen and oxygen atoms in total. The van der Waals surface area contributed by atoms with Crippen LogP contribution < -0.4 is 15.5 Å². The van der Waals surface area contributed by atoms with Crippen LogP contribution in [0.4, 0.5) is 10.5 Å². The summed E-state index contributed by atoms with van der Waals surface area (Å²) in [7, 11) is 2.06. The lowest BCUT2D eigenvalue weighted by Gasteiger charge is -2.19. The zero-order valence-electron chi connectivity index (χ0n) is 16.2. The lowest BCUT2D eigenvalue weighted by atomic mass is 10.2. The largest absolute Gasteiger partial charge is 0.375 e. The average Bonchev–Trinajstić information content (AvgIpc) is 3.18. The van der Waals surface area contributed by atoms with E-state index >= 15 is 0 Å². The molecule has 0 atom stereocenters. The molecule has 0 bridgehead atoms. The summed E-state index contributed by atoms with van der Waals surface area (Å²) in [6.07, 6.45) is 4.63. The number of amides is 2. The number of benzene rings is 2. The quantitative estimate of drug-likeness (QED) is 0.563. The Bertz CT molecular complexity index is 848. The summed E-state index contributed by atoms with van der Waals surface area (Å²) >= 11 is 0. The van der Waals surface area contributed by atoms with Gasteiger partial charge in [-0.2, -0.15) is 5.10 Å². The van der Waals surface area contributed by atoms with Crippen molar-refractivity contribution in [3.8, 4) is 0 Å². The van der Waals surface area contributed by atoms with Crippen molar-refractivity contribution in [2.75, 3.05) is 25.0 Å². The molecule has 3 rings (SSSR count). The minimum Gasteiger partial charge on any atom is -0.375 e. The van der Waals surface area contributed by atoms with Crippen LogP contribution in [0, 0.1) is 0 Å². The van der Waals surface area contributed by atoms with Crippen molar-refractivity contribution in [1.29, 1.82) is 0 Å². The molecular weight excluding hydrogens is 350 g/mol. The van der Waals surface area contributed by atoms with E-state index in [-0.39, 0.29) is 6.03 Å². The van der Waals surface area contributed by atoms with E-state index in [1.165, 1.54) is 11.3 Å². The molecule has 28 heavy (non-hydrogen) atoms. The van der Waals surface area contributed by atoms with Crippen LogP contribution >= 0.6 is 0 Å². The fourth-order valence-electron chi connectivity index (χ4n) is 2.93. The summed E-state index contributed by atoms with van der Waals surface area (Å²) in [4.78, 5) is 14.1. The third kappa shape index (κ3) is 6.16. The normalized spacial score (nSPS) is 10.5. The van der Waals surface area contributed by atoms with E-state index in [0.29, 0.717) is 13.1 Å². The Hall–Kier alpha value is -3.28. The Morgan fingerprint density at radius 2 is 1.71 bits per heavy atom. The lowest BCUT2D eigenvalue weighted by molar-refractivity contribution is 0.240. The van der Waals surface area contributed by atoms with Gasteiger partial charge < -0.3 is 15.5 Å². The van der Waals surface area contributed by atoms with Gasteiger partial charge in [0.15, 0.2) is 0 Å². The summed E-state index contributed by atoms with van der Waals surface area (Å²) in [5.41, 5.74) is 3.36. The molecule has 1 aromatic heterocycles. The summed E-state index contributed by atoms with van der Waals surface area (Å²) in [6, 6.07) is 20.2. The molecule has 0 aliphatic rings. The molecule has 0 saturated carbocycles. The van der Waals surface area contributed by atoms with Gasteiger partial charge in [0.2, 0.25) is 0 Å². The number of hydrogen-bond donors (Lipinski definition) is 2. The molecule has 0 fully saturated rings. The molecule has 0 saturated heterocycles. The van der Waals surface area contributed by atoms with Gasteiger partial charge in [-0.25, -0.2) is 4.79 Å². The van der Waals surface area contributed by atoms with Crippen molar-refractivity contribution in [3.63, 3.8) is 0 Å². The maximum absolute atomic E-state index is 12.0. The van der Waals surface area contributed by atoms with Crippen LogP contribution in [-0.2, 0) is 13.1 Å². The van der Waals surface area contributed by atoms with Gasteiger partial charge in [-0.1, -0.05) is 48.5 Å². The molecule has 1 heterocycles. The average molecular weight is 377 g/mol. The second kappa shape index (κ2) is 10.2. The molecule has 2 amide bonds. The second-order valence-corrected chi connectivity index (χ2v) is 6.75. The van der Waals surface area contributed by atoms with E-state index in [0.717, 1.165) is 25.1 Å². The van der Waals surface area contributed by atoms with Gasteiger partial charge in [-0.3, -0.25) is 4.68 Å². The van der Waals surface area contributed by atoms with E-state index in [2.05, 4.69) is 51.9 Å². The molecule has 3 aromatic rings. The molecule has 0 radical (unpaired) electrons. The third-order valence-corrected chi connectivity index (χ3v) is 4.48. The van der Waals surface area contributed by atoms with E-state index in [9.17, 15) is 4.79 Å². The Morgan fingerprint density at radius 3 is 2.46 bits per heavy atom. The zero-order valence-corrected chi connectivity index (χ0v) is 16.2. The first-order valence-corrected chi connectivity index (χ1v) is 9.54. The molecule has 146 valence electrons. The van der Waals surface area contributed by atoms with Crippen LogP contribution in [0.25, 0.3) is 0 Å². The fraction of sp³-hybridized carbons (Fsp3) is 0.273. The number of aromatic nitrogens is 2. The van der Waals surface area contributed by atoms with Crippen molar-refractivity contribution in [2.45, 2.75) is 19.5 Å². The monoisotopic (exact) mass is 377 g/mol. The number of urea groups is 1. The molecule has 0 aliphatic heterocycles. The highest BCUT2D eigenvalue weighted by Gasteiger charge is 2.04. The first kappa shape index (κ1) is 19.5. The summed E-state index contributed by atoms with van der Waals surface area (Å²) in [5, 5.41) is 10.1. The SMILES string of the molecule is CN(CCCNC(=O)NCc1cnn(Cc2ccccc2)c1)c1ccccc1. The maximum atomic E-state index is 12.0. The molecule has 2 N–H and O–H groups in total. The number of rotatable bonds is 9. The van der Waals surface area contributed by atoms with Gasteiger partial charge in [0, 0.05) is 44.1 Å².